The van der Waals surface area contributed by atoms with E-state index < -0.39 is 5.82 Å². The molecule has 2 nitrogen and oxygen atoms in total. The Bertz CT molecular complexity index is 408. The minimum Gasteiger partial charge on any atom is -0.497 e. The molecule has 0 heterocycles. The standard InChI is InChI=1S/C12H13FO2/c1-12(5-6-12)11(14)9-4-3-8(15-2)7-10(9)13/h3-4,7H,5-6H2,1-2H3. The average molecular weight is 208 g/mol. The van der Waals surface area contributed by atoms with Gasteiger partial charge in [0.05, 0.1) is 12.7 Å². The summed E-state index contributed by atoms with van der Waals surface area (Å²) in [6, 6.07) is 4.36. The Morgan fingerprint density at radius 2 is 2.13 bits per heavy atom. The number of Topliss-reactive ketones (excluding diaryl/α,β-unsaturated/α-hetero) is 1. The highest BCUT2D eigenvalue weighted by Crippen LogP contribution is 2.47. The number of methoxy groups -OCH3 is 1. The molecule has 1 fully saturated rings. The largest absolute Gasteiger partial charge is 0.497 e. The van der Waals surface area contributed by atoms with Crippen LogP contribution in [0.2, 0.25) is 0 Å². The minimum absolute atomic E-state index is 0.0948. The van der Waals surface area contributed by atoms with E-state index in [0.717, 1.165) is 12.8 Å². The summed E-state index contributed by atoms with van der Waals surface area (Å²) in [5.41, 5.74) is -0.147. The van der Waals surface area contributed by atoms with Crippen molar-refractivity contribution >= 4 is 5.78 Å². The second-order valence-electron chi connectivity index (χ2n) is 4.24. The first-order chi connectivity index (χ1) is 7.07. The number of rotatable bonds is 3. The van der Waals surface area contributed by atoms with Crippen molar-refractivity contribution in [2.24, 2.45) is 5.41 Å². The summed E-state index contributed by atoms with van der Waals surface area (Å²) in [4.78, 5) is 11.9. The molecule has 1 aliphatic rings. The van der Waals surface area contributed by atoms with Gasteiger partial charge in [-0.1, -0.05) is 6.92 Å². The maximum absolute atomic E-state index is 13.5. The van der Waals surface area contributed by atoms with Crippen molar-refractivity contribution < 1.29 is 13.9 Å². The molecule has 0 saturated heterocycles. The molecule has 1 aliphatic carbocycles. The first kappa shape index (κ1) is 10.1. The maximum atomic E-state index is 13.5. The van der Waals surface area contributed by atoms with E-state index in [0.29, 0.717) is 5.75 Å². The Morgan fingerprint density at radius 3 is 2.60 bits per heavy atom. The number of ether oxygens (including phenoxy) is 1. The normalized spacial score (nSPS) is 17.3. The zero-order valence-electron chi connectivity index (χ0n) is 8.84. The smallest absolute Gasteiger partial charge is 0.171 e. The second kappa shape index (κ2) is 3.33. The lowest BCUT2D eigenvalue weighted by atomic mass is 9.96. The molecule has 0 atom stereocenters. The van der Waals surface area contributed by atoms with Crippen LogP contribution in [0.3, 0.4) is 0 Å². The molecule has 1 saturated carbocycles. The van der Waals surface area contributed by atoms with Gasteiger partial charge < -0.3 is 4.74 Å². The van der Waals surface area contributed by atoms with E-state index in [-0.39, 0.29) is 16.8 Å². The van der Waals surface area contributed by atoms with Gasteiger partial charge in [0.2, 0.25) is 0 Å². The number of ketones is 1. The zero-order chi connectivity index (χ0) is 11.1. The highest BCUT2D eigenvalue weighted by molar-refractivity contribution is 6.02. The van der Waals surface area contributed by atoms with E-state index >= 15 is 0 Å². The number of hydrogen-bond acceptors (Lipinski definition) is 2. The molecular formula is C12H13FO2. The Labute approximate surface area is 88.1 Å². The molecule has 15 heavy (non-hydrogen) atoms. The van der Waals surface area contributed by atoms with Gasteiger partial charge in [0.1, 0.15) is 11.6 Å². The van der Waals surface area contributed by atoms with Crippen LogP contribution in [-0.2, 0) is 0 Å². The SMILES string of the molecule is COc1ccc(C(=O)C2(C)CC2)c(F)c1. The van der Waals surface area contributed by atoms with Gasteiger partial charge in [0.25, 0.3) is 0 Å². The van der Waals surface area contributed by atoms with Crippen LogP contribution in [0.15, 0.2) is 18.2 Å². The van der Waals surface area contributed by atoms with E-state index in [2.05, 4.69) is 0 Å². The summed E-state index contributed by atoms with van der Waals surface area (Å²) in [5, 5.41) is 0. The van der Waals surface area contributed by atoms with Gasteiger partial charge in [-0.2, -0.15) is 0 Å². The van der Waals surface area contributed by atoms with Crippen molar-refractivity contribution in [1.82, 2.24) is 0 Å². The third kappa shape index (κ3) is 1.74. The molecule has 2 rings (SSSR count). The quantitative estimate of drug-likeness (QED) is 0.714. The van der Waals surface area contributed by atoms with Crippen LogP contribution in [0.25, 0.3) is 0 Å². The molecule has 80 valence electrons. The Hall–Kier alpha value is -1.38. The topological polar surface area (TPSA) is 26.3 Å². The monoisotopic (exact) mass is 208 g/mol. The highest BCUT2D eigenvalue weighted by atomic mass is 19.1. The van der Waals surface area contributed by atoms with Gasteiger partial charge in [-0.25, -0.2) is 4.39 Å². The summed E-state index contributed by atoms with van der Waals surface area (Å²) in [6.07, 6.45) is 1.72. The predicted octanol–water partition coefficient (Wildman–Crippen LogP) is 2.82. The van der Waals surface area contributed by atoms with Crippen LogP contribution in [0, 0.1) is 11.2 Å². The van der Waals surface area contributed by atoms with Crippen LogP contribution in [0.4, 0.5) is 4.39 Å². The second-order valence-corrected chi connectivity index (χ2v) is 4.24. The molecule has 0 aromatic heterocycles. The lowest BCUT2D eigenvalue weighted by molar-refractivity contribution is 0.0908. The van der Waals surface area contributed by atoms with Crippen molar-refractivity contribution in [3.8, 4) is 5.75 Å². The lowest BCUT2D eigenvalue weighted by Gasteiger charge is -2.09. The summed E-state index contributed by atoms with van der Waals surface area (Å²) in [6.45, 7) is 1.87. The van der Waals surface area contributed by atoms with Gasteiger partial charge in [-0.15, -0.1) is 0 Å². The van der Waals surface area contributed by atoms with E-state index in [1.54, 1.807) is 6.07 Å². The number of halogens is 1. The molecule has 0 spiro atoms. The third-order valence-electron chi connectivity index (χ3n) is 2.97. The van der Waals surface area contributed by atoms with Crippen LogP contribution in [0.5, 0.6) is 5.75 Å². The predicted molar refractivity (Wildman–Crippen MR) is 54.6 cm³/mol. The fourth-order valence-corrected chi connectivity index (χ4v) is 1.55. The van der Waals surface area contributed by atoms with Crippen molar-refractivity contribution in [1.29, 1.82) is 0 Å². The van der Waals surface area contributed by atoms with Crippen LogP contribution >= 0.6 is 0 Å². The Morgan fingerprint density at radius 1 is 1.47 bits per heavy atom. The van der Waals surface area contributed by atoms with Crippen LogP contribution in [-0.4, -0.2) is 12.9 Å². The van der Waals surface area contributed by atoms with Crippen molar-refractivity contribution in [2.45, 2.75) is 19.8 Å². The first-order valence-corrected chi connectivity index (χ1v) is 4.95. The maximum Gasteiger partial charge on any atom is 0.171 e. The van der Waals surface area contributed by atoms with Gasteiger partial charge >= 0.3 is 0 Å². The van der Waals surface area contributed by atoms with E-state index in [1.807, 2.05) is 6.92 Å². The molecular weight excluding hydrogens is 195 g/mol. The third-order valence-corrected chi connectivity index (χ3v) is 2.97. The first-order valence-electron chi connectivity index (χ1n) is 4.95. The van der Waals surface area contributed by atoms with Gasteiger partial charge in [0, 0.05) is 11.5 Å². The molecule has 0 amide bonds. The van der Waals surface area contributed by atoms with Crippen LogP contribution in [0.1, 0.15) is 30.1 Å². The summed E-state index contributed by atoms with van der Waals surface area (Å²) in [7, 11) is 1.47. The Kier molecular flexibility index (Phi) is 2.25. The summed E-state index contributed by atoms with van der Waals surface area (Å²) in [5.74, 6) is -0.153. The average Bonchev–Trinajstić information content (AvgIpc) is 2.96. The summed E-state index contributed by atoms with van der Waals surface area (Å²) >= 11 is 0. The highest BCUT2D eigenvalue weighted by Gasteiger charge is 2.45. The zero-order valence-corrected chi connectivity index (χ0v) is 8.84. The summed E-state index contributed by atoms with van der Waals surface area (Å²) < 4.78 is 18.4. The van der Waals surface area contributed by atoms with Crippen molar-refractivity contribution in [3.05, 3.63) is 29.6 Å². The number of carbonyl (C=O) groups excluding carboxylic acids is 1. The van der Waals surface area contributed by atoms with E-state index in [4.69, 9.17) is 4.74 Å². The number of benzene rings is 1. The fourth-order valence-electron chi connectivity index (χ4n) is 1.55. The molecule has 0 N–H and O–H groups in total. The molecule has 0 aliphatic heterocycles. The van der Waals surface area contributed by atoms with Crippen molar-refractivity contribution in [3.63, 3.8) is 0 Å². The van der Waals surface area contributed by atoms with E-state index in [9.17, 15) is 9.18 Å². The Balaban J connectivity index is 2.33. The molecule has 0 radical (unpaired) electrons. The van der Waals surface area contributed by atoms with Gasteiger partial charge in [-0.3, -0.25) is 4.79 Å². The molecule has 1 aromatic carbocycles. The molecule has 0 unspecified atom stereocenters. The van der Waals surface area contributed by atoms with E-state index in [1.165, 1.54) is 19.2 Å². The van der Waals surface area contributed by atoms with Gasteiger partial charge in [-0.05, 0) is 25.0 Å². The fraction of sp³-hybridized carbons (Fsp3) is 0.417. The van der Waals surface area contributed by atoms with Crippen LogP contribution < -0.4 is 4.74 Å². The van der Waals surface area contributed by atoms with Crippen molar-refractivity contribution in [2.75, 3.05) is 7.11 Å². The number of carbonyl (C=O) groups is 1. The molecule has 0 bridgehead atoms. The number of hydrogen-bond donors (Lipinski definition) is 0. The van der Waals surface area contributed by atoms with Gasteiger partial charge in [0.15, 0.2) is 5.78 Å². The lowest BCUT2D eigenvalue weighted by Crippen LogP contribution is -2.13. The molecule has 3 heteroatoms. The minimum atomic E-state index is -0.493. The molecule has 1 aromatic rings.